The lowest BCUT2D eigenvalue weighted by atomic mass is 9.82. The zero-order valence-corrected chi connectivity index (χ0v) is 39.6. The number of nitrogens with one attached hydrogen (secondary N) is 2. The number of amides is 1. The normalized spacial score (nSPS) is 27.0. The van der Waals surface area contributed by atoms with Gasteiger partial charge in [-0.3, -0.25) is 29.2 Å². The number of aliphatic hydroxyl groups excluding tert-OH is 1. The fourth-order valence-electron chi connectivity index (χ4n) is 9.29. The van der Waals surface area contributed by atoms with Crippen molar-refractivity contribution in [2.75, 3.05) is 26.1 Å². The molecule has 1 amide bonds. The summed E-state index contributed by atoms with van der Waals surface area (Å²) in [6.45, 7) is 7.45. The van der Waals surface area contributed by atoms with Gasteiger partial charge in [0.2, 0.25) is 23.6 Å². The number of phenolic OH excluding ortho intramolecular Hbond substituents is 1. The zero-order valence-electron chi connectivity index (χ0n) is 39.6. The summed E-state index contributed by atoms with van der Waals surface area (Å²) in [4.78, 5) is 102. The number of methoxy groups -OCH3 is 2. The van der Waals surface area contributed by atoms with Crippen LogP contribution in [0.3, 0.4) is 0 Å². The van der Waals surface area contributed by atoms with Crippen molar-refractivity contribution in [3.63, 3.8) is 0 Å². The minimum atomic E-state index is -2.39. The highest BCUT2D eigenvalue weighted by atomic mass is 16.8. The number of allylic oxidation sites excluding steroid dienone is 3. The Kier molecular flexibility index (Phi) is 13.0. The average molecular weight is 1000 g/mol. The molecule has 5 heterocycles. The van der Waals surface area contributed by atoms with Crippen LogP contribution in [-0.4, -0.2) is 133 Å². The van der Waals surface area contributed by atoms with Crippen molar-refractivity contribution in [2.45, 2.75) is 89.8 Å². The first kappa shape index (κ1) is 50.6. The van der Waals surface area contributed by atoms with Crippen molar-refractivity contribution in [3.05, 3.63) is 103 Å². The number of pyridine rings is 1. The van der Waals surface area contributed by atoms with Crippen LogP contribution in [0.4, 0.5) is 5.69 Å². The summed E-state index contributed by atoms with van der Waals surface area (Å²) in [6.07, 6.45) is -7.30. The summed E-state index contributed by atoms with van der Waals surface area (Å²) in [5, 5.41) is 73.2. The molecule has 4 aliphatic rings. The van der Waals surface area contributed by atoms with Crippen molar-refractivity contribution in [3.8, 4) is 28.7 Å². The molecule has 0 radical (unpaired) electrons. The molecule has 24 nitrogen and oxygen atoms in total. The van der Waals surface area contributed by atoms with E-state index < -0.39 is 158 Å². The number of benzene rings is 2. The van der Waals surface area contributed by atoms with Gasteiger partial charge < -0.3 is 74.3 Å². The number of aromatic hydroxyl groups is 3. The number of aliphatic hydroxyl groups is 1. The molecule has 8 atom stereocenters. The second-order valence-corrected chi connectivity index (χ2v) is 18.1. The van der Waals surface area contributed by atoms with E-state index in [1.807, 2.05) is 0 Å². The molecule has 8 rings (SSSR count). The summed E-state index contributed by atoms with van der Waals surface area (Å²) in [5.41, 5.74) is -9.84. The largest absolute Gasteiger partial charge is 0.762 e. The van der Waals surface area contributed by atoms with Crippen molar-refractivity contribution in [1.29, 1.82) is 0 Å². The van der Waals surface area contributed by atoms with E-state index in [9.17, 15) is 64.4 Å². The van der Waals surface area contributed by atoms with E-state index >= 15 is 0 Å². The first-order chi connectivity index (χ1) is 33.8. The van der Waals surface area contributed by atoms with Gasteiger partial charge in [-0.15, -0.1) is 0 Å². The second-order valence-electron chi connectivity index (χ2n) is 18.1. The molecule has 3 aliphatic heterocycles. The fourth-order valence-corrected chi connectivity index (χ4v) is 9.29. The van der Waals surface area contributed by atoms with Crippen molar-refractivity contribution >= 4 is 51.7 Å². The third-order valence-electron chi connectivity index (χ3n) is 13.2. The first-order valence-electron chi connectivity index (χ1n) is 22.1. The SMILES string of the molecule is COc1ccc2c(O)c(NC(=O)c3cc(O[C@H]4C[C@](C)(N([O-])O)[C@@H](OC)[C@@H](C)O4)c(O)c(C(=O)O[C@@H]4[C@H](O)C(=O)[C@]5(C)CNC6=C(O5)C(=O)c5c(cc(C)c(O)c5C(=O)/C(C)=C\[C@@H]4C)C6=O)n3)c(=O)oc2c1. The lowest BCUT2D eigenvalue weighted by Gasteiger charge is -2.52. The molecule has 72 heavy (non-hydrogen) atoms. The molecule has 2 aromatic heterocycles. The van der Waals surface area contributed by atoms with Crippen LogP contribution in [0.25, 0.3) is 11.0 Å². The number of aromatic nitrogens is 1. The number of fused-ring (bicyclic) bond motifs is 2. The number of carbonyl (C=O) groups excluding carboxylic acids is 6. The van der Waals surface area contributed by atoms with Gasteiger partial charge in [-0.1, -0.05) is 13.0 Å². The predicted molar refractivity (Wildman–Crippen MR) is 244 cm³/mol. The molecule has 1 fully saturated rings. The topological polar surface area (TPSA) is 352 Å². The molecule has 380 valence electrons. The summed E-state index contributed by atoms with van der Waals surface area (Å²) in [7, 11) is 2.62. The Bertz CT molecular complexity index is 3160. The highest BCUT2D eigenvalue weighted by molar-refractivity contribution is 6.31. The maximum absolute atomic E-state index is 14.5. The highest BCUT2D eigenvalue weighted by Gasteiger charge is 2.52. The van der Waals surface area contributed by atoms with E-state index in [4.69, 9.17) is 32.8 Å². The van der Waals surface area contributed by atoms with Crippen molar-refractivity contribution in [1.82, 2.24) is 15.5 Å². The number of aryl methyl sites for hydroxylation is 1. The molecular weight excluding hydrogens is 953 g/mol. The van der Waals surface area contributed by atoms with E-state index in [1.165, 1.54) is 80.0 Å². The smallest absolute Gasteiger partial charge is 0.364 e. The molecule has 2 aromatic carbocycles. The Balaban J connectivity index is 1.22. The minimum absolute atomic E-state index is 0.0413. The standard InChI is InChI=1S/C48H47N4O20/c1-17-11-19(3)40(39(59)42(60)48(6)16-49-30-36(56)23-12-18(2)34(54)29(33(17)53)28(23)38(58)41(30)72-48)71-46(63)32-37(57)26(69-27-15-47(5,52(64)65)43(67-8)20(4)68-27)14-24(50-32)44(61)51-31-35(55)22-10-9-21(66-7)13-25(22)70-45(31)62/h9-14,19-20,27,39-40,43,49,54-55,57,59,64H,15-16H2,1-8H3,(H,51,61)/q-1/b17-11-/t19-,20+,27-,39-,40-,43-,47-,48-/m0/s1. The lowest BCUT2D eigenvalue weighted by Crippen LogP contribution is -2.62. The fraction of sp³-hybridized carbons (Fsp3) is 0.375. The number of ether oxygens (including phenoxy) is 6. The molecule has 7 N–H and O–H groups in total. The Morgan fingerprint density at radius 2 is 1.67 bits per heavy atom. The number of esters is 1. The zero-order chi connectivity index (χ0) is 52.6. The number of hydrogen-bond donors (Lipinski definition) is 7. The van der Waals surface area contributed by atoms with Gasteiger partial charge in [-0.05, 0) is 64.0 Å². The van der Waals surface area contributed by atoms with Gasteiger partial charge in [0.15, 0.2) is 51.9 Å². The van der Waals surface area contributed by atoms with Gasteiger partial charge in [0.25, 0.3) is 5.91 Å². The van der Waals surface area contributed by atoms with Crippen LogP contribution < -0.4 is 25.7 Å². The van der Waals surface area contributed by atoms with Gasteiger partial charge >= 0.3 is 11.6 Å². The quantitative estimate of drug-likeness (QED) is 0.0718. The molecule has 0 saturated carbocycles. The first-order valence-corrected chi connectivity index (χ1v) is 22.1. The van der Waals surface area contributed by atoms with Gasteiger partial charge in [0, 0.05) is 37.1 Å². The molecule has 3 bridgehead atoms. The number of hydroxylamine groups is 2. The van der Waals surface area contributed by atoms with E-state index in [-0.39, 0.29) is 44.3 Å². The van der Waals surface area contributed by atoms with Crippen LogP contribution in [0.1, 0.15) is 98.7 Å². The number of hydrogen-bond acceptors (Lipinski definition) is 23. The highest BCUT2D eigenvalue weighted by Crippen LogP contribution is 2.42. The molecule has 4 aromatic rings. The summed E-state index contributed by atoms with van der Waals surface area (Å²) >= 11 is 0. The third kappa shape index (κ3) is 8.35. The molecule has 1 aliphatic carbocycles. The van der Waals surface area contributed by atoms with Gasteiger partial charge in [-0.25, -0.2) is 14.6 Å². The maximum Gasteiger partial charge on any atom is 0.364 e. The number of Topliss-reactive ketones (excluding diaryl/α,β-unsaturated/α-hetero) is 4. The van der Waals surface area contributed by atoms with Gasteiger partial charge in [-0.2, -0.15) is 0 Å². The monoisotopic (exact) mass is 999 g/mol. The summed E-state index contributed by atoms with van der Waals surface area (Å²) in [6, 6.07) is 6.09. The molecule has 1 saturated heterocycles. The summed E-state index contributed by atoms with van der Waals surface area (Å²) < 4.78 is 39.4. The number of anilines is 1. The Morgan fingerprint density at radius 1 is 0.958 bits per heavy atom. The Labute approximate surface area is 406 Å². The average Bonchev–Trinajstić information content (AvgIpc) is 3.33. The van der Waals surface area contributed by atoms with Crippen LogP contribution >= 0.6 is 0 Å². The Hall–Kier alpha value is -7.74. The van der Waals surface area contributed by atoms with E-state index in [0.29, 0.717) is 0 Å². The minimum Gasteiger partial charge on any atom is -0.762 e. The second kappa shape index (κ2) is 18.5. The van der Waals surface area contributed by atoms with E-state index in [2.05, 4.69) is 15.6 Å². The predicted octanol–water partition coefficient (Wildman–Crippen LogP) is 3.25. The van der Waals surface area contributed by atoms with Crippen LogP contribution in [0.15, 0.2) is 62.6 Å². The van der Waals surface area contributed by atoms with Gasteiger partial charge in [0.05, 0.1) is 41.8 Å². The van der Waals surface area contributed by atoms with Gasteiger partial charge in [0.1, 0.15) is 40.7 Å². The number of carbonyl (C=O) groups is 6. The Morgan fingerprint density at radius 3 is 2.33 bits per heavy atom. The summed E-state index contributed by atoms with van der Waals surface area (Å²) in [5.74, 6) is -12.0. The molecule has 24 heteroatoms. The van der Waals surface area contributed by atoms with Crippen LogP contribution in [0, 0.1) is 18.0 Å². The maximum atomic E-state index is 14.5. The molecule has 0 unspecified atom stereocenters. The van der Waals surface area contributed by atoms with Crippen molar-refractivity contribution < 1.29 is 87.2 Å². The molecule has 0 spiro atoms. The number of ketones is 4. The number of nitrogens with zero attached hydrogens (tertiary/aromatic N) is 2. The number of phenols is 1. The van der Waals surface area contributed by atoms with Crippen molar-refractivity contribution in [2.24, 2.45) is 5.92 Å². The molecular formula is C48H47N4O20-. The van der Waals surface area contributed by atoms with Crippen LogP contribution in [-0.2, 0) is 23.7 Å². The third-order valence-corrected chi connectivity index (χ3v) is 13.2. The van der Waals surface area contributed by atoms with E-state index in [1.54, 1.807) is 0 Å². The van der Waals surface area contributed by atoms with E-state index in [0.717, 1.165) is 12.1 Å². The van der Waals surface area contributed by atoms with Crippen LogP contribution in [0.2, 0.25) is 0 Å². The lowest BCUT2D eigenvalue weighted by molar-refractivity contribution is -0.274. The van der Waals surface area contributed by atoms with Crippen LogP contribution in [0.5, 0.6) is 28.7 Å². The number of rotatable bonds is 9.